The SMILES string of the molecule is CC(=O)N1c2cc(C)c(Br)c(C)c2CC1C. The van der Waals surface area contributed by atoms with Gasteiger partial charge in [0.2, 0.25) is 5.91 Å². The van der Waals surface area contributed by atoms with Gasteiger partial charge in [0.1, 0.15) is 0 Å². The molecule has 0 saturated carbocycles. The second-order valence-corrected chi connectivity index (χ2v) is 5.37. The van der Waals surface area contributed by atoms with E-state index in [1.807, 2.05) is 4.90 Å². The van der Waals surface area contributed by atoms with Crippen LogP contribution in [0.1, 0.15) is 30.5 Å². The summed E-state index contributed by atoms with van der Waals surface area (Å²) in [6.07, 6.45) is 0.958. The number of halogens is 1. The normalized spacial score (nSPS) is 18.8. The third-order valence-electron chi connectivity index (χ3n) is 3.33. The van der Waals surface area contributed by atoms with E-state index in [0.717, 1.165) is 12.1 Å². The molecule has 0 saturated heterocycles. The minimum atomic E-state index is 0.132. The van der Waals surface area contributed by atoms with Crippen LogP contribution in [0.3, 0.4) is 0 Å². The van der Waals surface area contributed by atoms with Crippen LogP contribution in [0.4, 0.5) is 5.69 Å². The van der Waals surface area contributed by atoms with E-state index in [1.165, 1.54) is 21.2 Å². The number of fused-ring (bicyclic) bond motifs is 1. The molecule has 0 radical (unpaired) electrons. The molecule has 3 heteroatoms. The Balaban J connectivity index is 2.64. The Morgan fingerprint density at radius 3 is 2.69 bits per heavy atom. The van der Waals surface area contributed by atoms with Gasteiger partial charge >= 0.3 is 0 Å². The summed E-state index contributed by atoms with van der Waals surface area (Å²) in [6, 6.07) is 2.39. The predicted octanol–water partition coefficient (Wildman–Crippen LogP) is 3.36. The Morgan fingerprint density at radius 1 is 1.50 bits per heavy atom. The number of benzene rings is 1. The maximum atomic E-state index is 11.6. The minimum absolute atomic E-state index is 0.132. The predicted molar refractivity (Wildman–Crippen MR) is 69.9 cm³/mol. The van der Waals surface area contributed by atoms with Crippen LogP contribution in [0.2, 0.25) is 0 Å². The second-order valence-electron chi connectivity index (χ2n) is 4.57. The fraction of sp³-hybridized carbons (Fsp3) is 0.462. The number of anilines is 1. The molecule has 0 aliphatic carbocycles. The Labute approximate surface area is 105 Å². The Morgan fingerprint density at radius 2 is 2.12 bits per heavy atom. The number of carbonyl (C=O) groups is 1. The Bertz CT molecular complexity index is 467. The molecule has 1 atom stereocenters. The van der Waals surface area contributed by atoms with Gasteiger partial charge in [-0.25, -0.2) is 0 Å². The molecule has 2 nitrogen and oxygen atoms in total. The molecule has 1 unspecified atom stereocenters. The molecule has 0 aromatic heterocycles. The van der Waals surface area contributed by atoms with Crippen LogP contribution in [-0.2, 0) is 11.2 Å². The van der Waals surface area contributed by atoms with Gasteiger partial charge in [-0.1, -0.05) is 15.9 Å². The summed E-state index contributed by atoms with van der Waals surface area (Å²) < 4.78 is 1.17. The molecule has 1 aliphatic heterocycles. The zero-order valence-electron chi connectivity index (χ0n) is 10.1. The van der Waals surface area contributed by atoms with Crippen LogP contribution in [0.15, 0.2) is 10.5 Å². The van der Waals surface area contributed by atoms with E-state index in [-0.39, 0.29) is 11.9 Å². The summed E-state index contributed by atoms with van der Waals surface area (Å²) >= 11 is 3.61. The van der Waals surface area contributed by atoms with Crippen LogP contribution in [0.5, 0.6) is 0 Å². The van der Waals surface area contributed by atoms with E-state index >= 15 is 0 Å². The number of amides is 1. The number of hydrogen-bond donors (Lipinski definition) is 0. The first kappa shape index (κ1) is 11.6. The summed E-state index contributed by atoms with van der Waals surface area (Å²) in [4.78, 5) is 13.5. The van der Waals surface area contributed by atoms with Crippen molar-refractivity contribution in [1.29, 1.82) is 0 Å². The van der Waals surface area contributed by atoms with E-state index in [4.69, 9.17) is 0 Å². The zero-order chi connectivity index (χ0) is 12.0. The molecule has 1 heterocycles. The Kier molecular flexibility index (Phi) is 2.82. The van der Waals surface area contributed by atoms with E-state index in [1.54, 1.807) is 6.92 Å². The third-order valence-corrected chi connectivity index (χ3v) is 4.55. The highest BCUT2D eigenvalue weighted by atomic mass is 79.9. The zero-order valence-corrected chi connectivity index (χ0v) is 11.7. The fourth-order valence-corrected chi connectivity index (χ4v) is 2.91. The first-order chi connectivity index (χ1) is 7.43. The van der Waals surface area contributed by atoms with Gasteiger partial charge < -0.3 is 4.90 Å². The van der Waals surface area contributed by atoms with E-state index < -0.39 is 0 Å². The smallest absolute Gasteiger partial charge is 0.224 e. The van der Waals surface area contributed by atoms with Gasteiger partial charge in [-0.05, 0) is 49.9 Å². The van der Waals surface area contributed by atoms with Gasteiger partial charge in [-0.15, -0.1) is 0 Å². The fourth-order valence-electron chi connectivity index (χ4n) is 2.55. The molecular weight excluding hydrogens is 266 g/mol. The highest BCUT2D eigenvalue weighted by molar-refractivity contribution is 9.10. The van der Waals surface area contributed by atoms with Crippen molar-refractivity contribution >= 4 is 27.5 Å². The van der Waals surface area contributed by atoms with Crippen molar-refractivity contribution in [2.24, 2.45) is 0 Å². The lowest BCUT2D eigenvalue weighted by atomic mass is 10.0. The number of nitrogens with zero attached hydrogens (tertiary/aromatic N) is 1. The lowest BCUT2D eigenvalue weighted by molar-refractivity contribution is -0.116. The van der Waals surface area contributed by atoms with Gasteiger partial charge in [0.15, 0.2) is 0 Å². The number of aryl methyl sites for hydroxylation is 1. The summed E-state index contributed by atoms with van der Waals surface area (Å²) in [6.45, 7) is 7.92. The van der Waals surface area contributed by atoms with Crippen molar-refractivity contribution in [3.05, 3.63) is 27.2 Å². The molecule has 0 N–H and O–H groups in total. The molecule has 16 heavy (non-hydrogen) atoms. The average molecular weight is 282 g/mol. The lowest BCUT2D eigenvalue weighted by Gasteiger charge is -2.21. The van der Waals surface area contributed by atoms with Gasteiger partial charge in [-0.3, -0.25) is 4.79 Å². The Hall–Kier alpha value is -0.830. The highest BCUT2D eigenvalue weighted by Crippen LogP contribution is 2.39. The summed E-state index contributed by atoms with van der Waals surface area (Å²) in [7, 11) is 0. The monoisotopic (exact) mass is 281 g/mol. The van der Waals surface area contributed by atoms with Crippen molar-refractivity contribution < 1.29 is 4.79 Å². The van der Waals surface area contributed by atoms with E-state index in [9.17, 15) is 4.79 Å². The highest BCUT2D eigenvalue weighted by Gasteiger charge is 2.30. The molecule has 1 aromatic rings. The van der Waals surface area contributed by atoms with Crippen LogP contribution < -0.4 is 4.90 Å². The second kappa shape index (κ2) is 3.88. The molecule has 0 bridgehead atoms. The molecule has 2 rings (SSSR count). The van der Waals surface area contributed by atoms with Crippen molar-refractivity contribution in [3.8, 4) is 0 Å². The van der Waals surface area contributed by atoms with Crippen molar-refractivity contribution in [1.82, 2.24) is 0 Å². The summed E-state index contributed by atoms with van der Waals surface area (Å²) in [5, 5.41) is 0. The number of hydrogen-bond acceptors (Lipinski definition) is 1. The first-order valence-corrected chi connectivity index (χ1v) is 6.31. The summed E-state index contributed by atoms with van der Waals surface area (Å²) in [5.74, 6) is 0.132. The molecule has 1 amide bonds. The molecular formula is C13H16BrNO. The quantitative estimate of drug-likeness (QED) is 0.714. The van der Waals surface area contributed by atoms with Crippen molar-refractivity contribution in [2.45, 2.75) is 40.2 Å². The van der Waals surface area contributed by atoms with E-state index in [2.05, 4.69) is 42.8 Å². The number of carbonyl (C=O) groups excluding carboxylic acids is 1. The standard InChI is InChI=1S/C13H16BrNO/c1-7-5-12-11(9(3)13(7)14)6-8(2)15(12)10(4)16/h5,8H,6H2,1-4H3. The largest absolute Gasteiger partial charge is 0.309 e. The maximum Gasteiger partial charge on any atom is 0.224 e. The molecule has 86 valence electrons. The van der Waals surface area contributed by atoms with Gasteiger partial charge in [0, 0.05) is 23.1 Å². The number of rotatable bonds is 0. The lowest BCUT2D eigenvalue weighted by Crippen LogP contribution is -2.33. The first-order valence-electron chi connectivity index (χ1n) is 5.52. The average Bonchev–Trinajstić information content (AvgIpc) is 2.51. The minimum Gasteiger partial charge on any atom is -0.309 e. The molecule has 0 fully saturated rings. The van der Waals surface area contributed by atoms with Gasteiger partial charge in [0.05, 0.1) is 0 Å². The van der Waals surface area contributed by atoms with Crippen molar-refractivity contribution in [3.63, 3.8) is 0 Å². The van der Waals surface area contributed by atoms with Crippen LogP contribution in [0, 0.1) is 13.8 Å². The van der Waals surface area contributed by atoms with E-state index in [0.29, 0.717) is 0 Å². The van der Waals surface area contributed by atoms with Gasteiger partial charge in [-0.2, -0.15) is 0 Å². The van der Waals surface area contributed by atoms with Crippen molar-refractivity contribution in [2.75, 3.05) is 4.90 Å². The summed E-state index contributed by atoms with van der Waals surface area (Å²) in [5.41, 5.74) is 4.86. The van der Waals surface area contributed by atoms with Crippen LogP contribution in [0.25, 0.3) is 0 Å². The molecule has 0 spiro atoms. The molecule has 1 aliphatic rings. The maximum absolute atomic E-state index is 11.6. The van der Waals surface area contributed by atoms with Crippen LogP contribution in [-0.4, -0.2) is 11.9 Å². The van der Waals surface area contributed by atoms with Gasteiger partial charge in [0.25, 0.3) is 0 Å². The third kappa shape index (κ3) is 1.58. The topological polar surface area (TPSA) is 20.3 Å². The van der Waals surface area contributed by atoms with Crippen LogP contribution >= 0.6 is 15.9 Å². The molecule has 1 aromatic carbocycles.